The Balaban J connectivity index is 2.13. The van der Waals surface area contributed by atoms with Crippen molar-refractivity contribution in [3.63, 3.8) is 0 Å². The van der Waals surface area contributed by atoms with Crippen molar-refractivity contribution in [2.45, 2.75) is 6.54 Å². The summed E-state index contributed by atoms with van der Waals surface area (Å²) in [7, 11) is 0. The van der Waals surface area contributed by atoms with Crippen LogP contribution in [0.3, 0.4) is 0 Å². The normalized spacial score (nSPS) is 10.1. The van der Waals surface area contributed by atoms with Gasteiger partial charge in [-0.25, -0.2) is 0 Å². The Morgan fingerprint density at radius 1 is 1.29 bits per heavy atom. The molecular formula is C14H12ClN3O2S. The molecule has 0 aliphatic carbocycles. The number of pyridine rings is 1. The number of thiocarbonyl (C=S) groups is 1. The van der Waals surface area contributed by atoms with Gasteiger partial charge in [0, 0.05) is 16.9 Å². The van der Waals surface area contributed by atoms with E-state index < -0.39 is 5.56 Å². The van der Waals surface area contributed by atoms with Crippen molar-refractivity contribution in [2.75, 3.05) is 5.32 Å². The molecule has 0 aliphatic rings. The number of nitrogens with one attached hydrogen (secondary N) is 1. The van der Waals surface area contributed by atoms with E-state index in [-0.39, 0.29) is 23.0 Å². The molecule has 21 heavy (non-hydrogen) atoms. The first kappa shape index (κ1) is 15.2. The maximum absolute atomic E-state index is 12.0. The summed E-state index contributed by atoms with van der Waals surface area (Å²) in [5, 5.41) is 3.25. The molecule has 0 saturated heterocycles. The Hall–Kier alpha value is -2.18. The van der Waals surface area contributed by atoms with E-state index in [1.165, 1.54) is 16.8 Å². The number of nitrogens with two attached hydrogens (primary N) is 1. The molecule has 1 amide bonds. The van der Waals surface area contributed by atoms with Crippen LogP contribution in [-0.2, 0) is 11.3 Å². The minimum absolute atomic E-state index is 0.00691. The molecule has 0 fully saturated rings. The zero-order valence-corrected chi connectivity index (χ0v) is 12.4. The molecule has 1 aromatic heterocycles. The number of anilines is 1. The Kier molecular flexibility index (Phi) is 4.72. The number of amides is 1. The lowest BCUT2D eigenvalue weighted by atomic mass is 10.2. The zero-order chi connectivity index (χ0) is 15.4. The Morgan fingerprint density at radius 2 is 1.95 bits per heavy atom. The van der Waals surface area contributed by atoms with Gasteiger partial charge in [0.1, 0.15) is 11.5 Å². The number of benzene rings is 1. The average Bonchev–Trinajstić information content (AvgIpc) is 2.43. The van der Waals surface area contributed by atoms with Crippen LogP contribution in [0.15, 0.2) is 47.4 Å². The quantitative estimate of drug-likeness (QED) is 0.841. The highest BCUT2D eigenvalue weighted by Gasteiger charge is 2.09. The van der Waals surface area contributed by atoms with Crippen molar-refractivity contribution in [3.05, 3.63) is 63.5 Å². The molecule has 0 spiro atoms. The van der Waals surface area contributed by atoms with Crippen molar-refractivity contribution in [3.8, 4) is 0 Å². The van der Waals surface area contributed by atoms with E-state index in [0.717, 1.165) is 0 Å². The highest BCUT2D eigenvalue weighted by atomic mass is 35.5. The lowest BCUT2D eigenvalue weighted by Crippen LogP contribution is -2.32. The van der Waals surface area contributed by atoms with Gasteiger partial charge in [0.25, 0.3) is 5.56 Å². The molecule has 0 saturated carbocycles. The maximum atomic E-state index is 12.0. The summed E-state index contributed by atoms with van der Waals surface area (Å²) in [6, 6.07) is 9.82. The monoisotopic (exact) mass is 321 g/mol. The number of hydrogen-bond acceptors (Lipinski definition) is 3. The molecule has 0 aliphatic heterocycles. The molecule has 1 aromatic carbocycles. The number of nitrogens with zero attached hydrogens (tertiary/aromatic N) is 1. The zero-order valence-electron chi connectivity index (χ0n) is 10.9. The molecule has 3 N–H and O–H groups in total. The second kappa shape index (κ2) is 6.51. The predicted octanol–water partition coefficient (Wildman–Crippen LogP) is 1.77. The van der Waals surface area contributed by atoms with Crippen molar-refractivity contribution >= 4 is 40.4 Å². The van der Waals surface area contributed by atoms with E-state index in [1.807, 2.05) is 0 Å². The second-order valence-electron chi connectivity index (χ2n) is 4.27. The smallest absolute Gasteiger partial charge is 0.261 e. The summed E-state index contributed by atoms with van der Waals surface area (Å²) >= 11 is 10.6. The fraction of sp³-hybridized carbons (Fsp3) is 0.0714. The second-order valence-corrected chi connectivity index (χ2v) is 5.15. The topological polar surface area (TPSA) is 77.1 Å². The summed E-state index contributed by atoms with van der Waals surface area (Å²) in [5.41, 5.74) is 5.88. The Labute approximate surface area is 131 Å². The molecule has 108 valence electrons. The Morgan fingerprint density at radius 3 is 2.57 bits per heavy atom. The third-order valence-electron chi connectivity index (χ3n) is 2.73. The van der Waals surface area contributed by atoms with Crippen LogP contribution < -0.4 is 16.6 Å². The van der Waals surface area contributed by atoms with Crippen LogP contribution in [0.4, 0.5) is 5.69 Å². The first-order valence-electron chi connectivity index (χ1n) is 6.02. The summed E-state index contributed by atoms with van der Waals surface area (Å²) in [6.45, 7) is -0.127. The van der Waals surface area contributed by atoms with Gasteiger partial charge in [-0.1, -0.05) is 23.8 Å². The fourth-order valence-corrected chi connectivity index (χ4v) is 2.02. The third kappa shape index (κ3) is 3.90. The van der Waals surface area contributed by atoms with Crippen LogP contribution in [-0.4, -0.2) is 15.5 Å². The maximum Gasteiger partial charge on any atom is 0.261 e. The van der Waals surface area contributed by atoms with Crippen LogP contribution in [0, 0.1) is 0 Å². The summed E-state index contributed by atoms with van der Waals surface area (Å²) in [6.07, 6.45) is 1.51. The molecule has 2 aromatic rings. The molecule has 2 rings (SSSR count). The predicted molar refractivity (Wildman–Crippen MR) is 86.7 cm³/mol. The van der Waals surface area contributed by atoms with E-state index in [4.69, 9.17) is 29.6 Å². The summed E-state index contributed by atoms with van der Waals surface area (Å²) < 4.78 is 1.25. The van der Waals surface area contributed by atoms with Gasteiger partial charge in [0.05, 0.1) is 5.56 Å². The Bertz CT molecular complexity index is 741. The van der Waals surface area contributed by atoms with Crippen LogP contribution >= 0.6 is 23.8 Å². The van der Waals surface area contributed by atoms with Gasteiger partial charge >= 0.3 is 0 Å². The molecule has 7 heteroatoms. The lowest BCUT2D eigenvalue weighted by molar-refractivity contribution is -0.116. The van der Waals surface area contributed by atoms with Crippen molar-refractivity contribution < 1.29 is 4.79 Å². The van der Waals surface area contributed by atoms with E-state index in [1.54, 1.807) is 30.3 Å². The lowest BCUT2D eigenvalue weighted by Gasteiger charge is -2.08. The van der Waals surface area contributed by atoms with Crippen molar-refractivity contribution in [2.24, 2.45) is 5.73 Å². The van der Waals surface area contributed by atoms with Gasteiger partial charge in [-0.3, -0.25) is 9.59 Å². The molecule has 0 bridgehead atoms. The molecule has 0 radical (unpaired) electrons. The number of halogens is 1. The molecule has 0 atom stereocenters. The fourth-order valence-electron chi connectivity index (χ4n) is 1.74. The SMILES string of the molecule is NC(=S)c1cccn(CC(=O)Nc2ccc(Cl)cc2)c1=O. The van der Waals surface area contributed by atoms with Gasteiger partial charge < -0.3 is 15.6 Å². The van der Waals surface area contributed by atoms with Gasteiger partial charge in [-0.2, -0.15) is 0 Å². The average molecular weight is 322 g/mol. The van der Waals surface area contributed by atoms with Crippen molar-refractivity contribution in [1.29, 1.82) is 0 Å². The minimum Gasteiger partial charge on any atom is -0.389 e. The van der Waals surface area contributed by atoms with E-state index in [2.05, 4.69) is 5.32 Å². The molecular weight excluding hydrogens is 310 g/mol. The van der Waals surface area contributed by atoms with Gasteiger partial charge in [-0.05, 0) is 36.4 Å². The first-order chi connectivity index (χ1) is 9.97. The minimum atomic E-state index is -0.392. The van der Waals surface area contributed by atoms with E-state index in [0.29, 0.717) is 10.7 Å². The van der Waals surface area contributed by atoms with Crippen molar-refractivity contribution in [1.82, 2.24) is 4.57 Å². The molecule has 0 unspecified atom stereocenters. The molecule has 5 nitrogen and oxygen atoms in total. The number of hydrogen-bond donors (Lipinski definition) is 2. The first-order valence-corrected chi connectivity index (χ1v) is 6.80. The number of carbonyl (C=O) groups is 1. The third-order valence-corrected chi connectivity index (χ3v) is 3.20. The van der Waals surface area contributed by atoms with E-state index >= 15 is 0 Å². The number of rotatable bonds is 4. The number of carbonyl (C=O) groups excluding carboxylic acids is 1. The van der Waals surface area contributed by atoms with Crippen LogP contribution in [0.25, 0.3) is 0 Å². The van der Waals surface area contributed by atoms with Crippen LogP contribution in [0.1, 0.15) is 5.56 Å². The highest BCUT2D eigenvalue weighted by molar-refractivity contribution is 7.80. The largest absolute Gasteiger partial charge is 0.389 e. The van der Waals surface area contributed by atoms with Gasteiger partial charge in [-0.15, -0.1) is 0 Å². The highest BCUT2D eigenvalue weighted by Crippen LogP contribution is 2.13. The number of aromatic nitrogens is 1. The van der Waals surface area contributed by atoms with Crippen LogP contribution in [0.5, 0.6) is 0 Å². The van der Waals surface area contributed by atoms with Crippen LogP contribution in [0.2, 0.25) is 5.02 Å². The van der Waals surface area contributed by atoms with Gasteiger partial charge in [0.2, 0.25) is 5.91 Å². The summed E-state index contributed by atoms with van der Waals surface area (Å²) in [5.74, 6) is -0.334. The molecule has 1 heterocycles. The standard InChI is InChI=1S/C14H12ClN3O2S/c15-9-3-5-10(6-4-9)17-12(19)8-18-7-1-2-11(13(16)21)14(18)20/h1-7H,8H2,(H2,16,21)(H,17,19). The van der Waals surface area contributed by atoms with Gasteiger partial charge in [0.15, 0.2) is 0 Å². The summed E-state index contributed by atoms with van der Waals surface area (Å²) in [4.78, 5) is 24.0. The van der Waals surface area contributed by atoms with E-state index in [9.17, 15) is 9.59 Å².